The van der Waals surface area contributed by atoms with Crippen molar-refractivity contribution in [2.45, 2.75) is 32.7 Å². The van der Waals surface area contributed by atoms with Gasteiger partial charge in [-0.3, -0.25) is 4.79 Å². The molecule has 0 amide bonds. The van der Waals surface area contributed by atoms with E-state index in [4.69, 9.17) is 0 Å². The van der Waals surface area contributed by atoms with Crippen LogP contribution in [-0.2, 0) is 6.42 Å². The van der Waals surface area contributed by atoms with Crippen molar-refractivity contribution in [3.8, 4) is 0 Å². The van der Waals surface area contributed by atoms with Gasteiger partial charge in [0, 0.05) is 17.8 Å². The van der Waals surface area contributed by atoms with E-state index in [9.17, 15) is 4.79 Å². The predicted molar refractivity (Wildman–Crippen MR) is 52.9 cm³/mol. The van der Waals surface area contributed by atoms with Gasteiger partial charge in [-0.05, 0) is 24.8 Å². The topological polar surface area (TPSA) is 22.0 Å². The first-order chi connectivity index (χ1) is 6.24. The number of rotatable bonds is 1. The average molecular weight is 177 g/mol. The highest BCUT2D eigenvalue weighted by molar-refractivity contribution is 5.13. The maximum absolute atomic E-state index is 11.6. The van der Waals surface area contributed by atoms with E-state index < -0.39 is 0 Å². The third-order valence-electron chi connectivity index (χ3n) is 3.01. The molecule has 0 N–H and O–H groups in total. The van der Waals surface area contributed by atoms with Gasteiger partial charge in [0.2, 0.25) is 0 Å². The second-order valence-corrected chi connectivity index (χ2v) is 3.88. The molecule has 0 fully saturated rings. The summed E-state index contributed by atoms with van der Waals surface area (Å²) in [4.78, 5) is 11.6. The van der Waals surface area contributed by atoms with Crippen molar-refractivity contribution in [1.82, 2.24) is 4.57 Å². The Morgan fingerprint density at radius 3 is 3.00 bits per heavy atom. The molecule has 0 saturated heterocycles. The molecule has 0 bridgehead atoms. The Bertz CT molecular complexity index is 367. The lowest BCUT2D eigenvalue weighted by molar-refractivity contribution is 0.393. The molecule has 2 heteroatoms. The molecule has 13 heavy (non-hydrogen) atoms. The van der Waals surface area contributed by atoms with Gasteiger partial charge < -0.3 is 4.57 Å². The third kappa shape index (κ3) is 1.21. The lowest BCUT2D eigenvalue weighted by Gasteiger charge is -2.15. The molecule has 2 nitrogen and oxygen atoms in total. The van der Waals surface area contributed by atoms with Crippen LogP contribution in [0.2, 0.25) is 0 Å². The number of pyridine rings is 1. The van der Waals surface area contributed by atoms with Gasteiger partial charge in [-0.15, -0.1) is 0 Å². The minimum Gasteiger partial charge on any atom is -0.309 e. The van der Waals surface area contributed by atoms with Crippen LogP contribution >= 0.6 is 0 Å². The number of hydrogen-bond donors (Lipinski definition) is 0. The fraction of sp³-hybridized carbons (Fsp3) is 0.545. The summed E-state index contributed by atoms with van der Waals surface area (Å²) >= 11 is 0. The number of aromatic nitrogens is 1. The van der Waals surface area contributed by atoms with Crippen LogP contribution in [0.1, 0.15) is 32.0 Å². The molecule has 1 aliphatic heterocycles. The lowest BCUT2D eigenvalue weighted by Crippen LogP contribution is -2.23. The Kier molecular flexibility index (Phi) is 1.98. The first kappa shape index (κ1) is 8.54. The van der Waals surface area contributed by atoms with E-state index >= 15 is 0 Å². The Hall–Kier alpha value is -1.05. The summed E-state index contributed by atoms with van der Waals surface area (Å²) in [6, 6.07) is 6.00. The van der Waals surface area contributed by atoms with Gasteiger partial charge >= 0.3 is 0 Å². The molecule has 2 heterocycles. The summed E-state index contributed by atoms with van der Waals surface area (Å²) in [6.07, 6.45) is 2.10. The molecule has 0 radical (unpaired) electrons. The Balaban J connectivity index is 2.56. The van der Waals surface area contributed by atoms with Crippen LogP contribution in [-0.4, -0.2) is 4.57 Å². The van der Waals surface area contributed by atoms with Gasteiger partial charge in [0.15, 0.2) is 0 Å². The van der Waals surface area contributed by atoms with Crippen molar-refractivity contribution in [2.24, 2.45) is 5.92 Å². The van der Waals surface area contributed by atoms with Crippen LogP contribution in [0.25, 0.3) is 0 Å². The molecular formula is C11H15NO. The summed E-state index contributed by atoms with van der Waals surface area (Å²) < 4.78 is 1.96. The highest BCUT2D eigenvalue weighted by Crippen LogP contribution is 2.31. The zero-order chi connectivity index (χ0) is 9.42. The molecule has 0 saturated carbocycles. The summed E-state index contributed by atoms with van der Waals surface area (Å²) in [5.41, 5.74) is 1.36. The van der Waals surface area contributed by atoms with E-state index in [2.05, 4.69) is 19.9 Å². The summed E-state index contributed by atoms with van der Waals surface area (Å²) in [7, 11) is 0. The molecule has 1 aliphatic rings. The number of hydrogen-bond acceptors (Lipinski definition) is 1. The molecule has 70 valence electrons. The molecule has 0 spiro atoms. The van der Waals surface area contributed by atoms with E-state index in [0.717, 1.165) is 12.8 Å². The van der Waals surface area contributed by atoms with Gasteiger partial charge in [-0.25, -0.2) is 0 Å². The normalized spacial score (nSPS) is 26.0. The van der Waals surface area contributed by atoms with Crippen LogP contribution in [0.3, 0.4) is 0 Å². The Morgan fingerprint density at radius 1 is 1.54 bits per heavy atom. The second kappa shape index (κ2) is 3.02. The zero-order valence-corrected chi connectivity index (χ0v) is 8.16. The summed E-state index contributed by atoms with van der Waals surface area (Å²) in [6.45, 7) is 4.37. The zero-order valence-electron chi connectivity index (χ0n) is 8.16. The second-order valence-electron chi connectivity index (χ2n) is 3.88. The predicted octanol–water partition coefficient (Wildman–Crippen LogP) is 1.99. The van der Waals surface area contributed by atoms with Crippen LogP contribution in [0, 0.1) is 5.92 Å². The van der Waals surface area contributed by atoms with E-state index in [1.165, 1.54) is 5.69 Å². The Labute approximate surface area is 78.2 Å². The SMILES string of the molecule is CC[C@H]1[C@H](C)Cc2cccc(=O)n21. The van der Waals surface area contributed by atoms with Gasteiger partial charge in [-0.1, -0.05) is 19.9 Å². The molecule has 1 aromatic heterocycles. The van der Waals surface area contributed by atoms with E-state index in [-0.39, 0.29) is 5.56 Å². The van der Waals surface area contributed by atoms with Crippen molar-refractivity contribution < 1.29 is 0 Å². The molecule has 2 rings (SSSR count). The molecule has 0 aliphatic carbocycles. The minimum atomic E-state index is 0.161. The Morgan fingerprint density at radius 2 is 2.31 bits per heavy atom. The van der Waals surface area contributed by atoms with Crippen molar-refractivity contribution in [1.29, 1.82) is 0 Å². The van der Waals surface area contributed by atoms with Crippen LogP contribution in [0.5, 0.6) is 0 Å². The van der Waals surface area contributed by atoms with Gasteiger partial charge in [0.1, 0.15) is 0 Å². The quantitative estimate of drug-likeness (QED) is 0.643. The fourth-order valence-electron chi connectivity index (χ4n) is 2.39. The third-order valence-corrected chi connectivity index (χ3v) is 3.01. The molecule has 1 aromatic rings. The fourth-order valence-corrected chi connectivity index (χ4v) is 2.39. The average Bonchev–Trinajstić information content (AvgIpc) is 2.42. The first-order valence-electron chi connectivity index (χ1n) is 4.94. The molecular weight excluding hydrogens is 162 g/mol. The van der Waals surface area contributed by atoms with Gasteiger partial charge in [0.25, 0.3) is 5.56 Å². The monoisotopic (exact) mass is 177 g/mol. The molecule has 2 atom stereocenters. The minimum absolute atomic E-state index is 0.161. The largest absolute Gasteiger partial charge is 0.309 e. The highest BCUT2D eigenvalue weighted by Gasteiger charge is 2.27. The molecule has 0 aromatic carbocycles. The summed E-state index contributed by atoms with van der Waals surface area (Å²) in [5, 5.41) is 0. The van der Waals surface area contributed by atoms with Crippen LogP contribution < -0.4 is 5.56 Å². The standard InChI is InChI=1S/C11H15NO/c1-3-10-8(2)7-9-5-4-6-11(13)12(9)10/h4-6,8,10H,3,7H2,1-2H3/t8-,10+/m1/s1. The van der Waals surface area contributed by atoms with E-state index in [1.54, 1.807) is 6.07 Å². The smallest absolute Gasteiger partial charge is 0.250 e. The summed E-state index contributed by atoms with van der Waals surface area (Å²) in [5.74, 6) is 0.611. The van der Waals surface area contributed by atoms with Crippen molar-refractivity contribution in [3.63, 3.8) is 0 Å². The van der Waals surface area contributed by atoms with Gasteiger partial charge in [-0.2, -0.15) is 0 Å². The maximum atomic E-state index is 11.6. The van der Waals surface area contributed by atoms with Crippen molar-refractivity contribution >= 4 is 0 Å². The van der Waals surface area contributed by atoms with Crippen LogP contribution in [0.15, 0.2) is 23.0 Å². The van der Waals surface area contributed by atoms with Crippen LogP contribution in [0.4, 0.5) is 0 Å². The number of fused-ring (bicyclic) bond motifs is 1. The van der Waals surface area contributed by atoms with Crippen molar-refractivity contribution in [3.05, 3.63) is 34.2 Å². The van der Waals surface area contributed by atoms with E-state index in [0.29, 0.717) is 12.0 Å². The van der Waals surface area contributed by atoms with E-state index in [1.807, 2.05) is 10.6 Å². The van der Waals surface area contributed by atoms with Gasteiger partial charge in [0.05, 0.1) is 0 Å². The number of nitrogens with zero attached hydrogens (tertiary/aromatic N) is 1. The van der Waals surface area contributed by atoms with Crippen molar-refractivity contribution in [2.75, 3.05) is 0 Å². The maximum Gasteiger partial charge on any atom is 0.250 e. The highest BCUT2D eigenvalue weighted by atomic mass is 16.1. The molecule has 0 unspecified atom stereocenters. The first-order valence-corrected chi connectivity index (χ1v) is 4.94. The lowest BCUT2D eigenvalue weighted by atomic mass is 10.00.